The molecule has 0 aromatic heterocycles. The van der Waals surface area contributed by atoms with Gasteiger partial charge in [0.25, 0.3) is 0 Å². The van der Waals surface area contributed by atoms with E-state index in [9.17, 15) is 0 Å². The zero-order valence-corrected chi connectivity index (χ0v) is 12.4. The standard InChI is InChI=1S/C18H25NO/c1-2-8-18-12-5-6-13-19(18)15-17-10-4-3-9-16(17)11-7-14-20/h3-4,9-10,18,20H,2,5-6,8,12-15H2,1H3. The molecule has 1 aromatic carbocycles. The smallest absolute Gasteiger partial charge is 0.104 e. The molecule has 2 nitrogen and oxygen atoms in total. The molecule has 20 heavy (non-hydrogen) atoms. The number of piperidine rings is 1. The van der Waals surface area contributed by atoms with E-state index in [-0.39, 0.29) is 6.61 Å². The molecule has 0 spiro atoms. The molecule has 1 heterocycles. The Bertz CT molecular complexity index is 470. The molecule has 0 amide bonds. The van der Waals surface area contributed by atoms with Crippen molar-refractivity contribution < 1.29 is 5.11 Å². The summed E-state index contributed by atoms with van der Waals surface area (Å²) in [5.74, 6) is 5.84. The molecule has 0 bridgehead atoms. The number of hydrogen-bond donors (Lipinski definition) is 1. The van der Waals surface area contributed by atoms with Gasteiger partial charge in [0.05, 0.1) is 0 Å². The van der Waals surface area contributed by atoms with E-state index in [1.165, 1.54) is 44.2 Å². The quantitative estimate of drug-likeness (QED) is 0.850. The maximum atomic E-state index is 8.87. The van der Waals surface area contributed by atoms with Crippen LogP contribution >= 0.6 is 0 Å². The Morgan fingerprint density at radius 2 is 2.15 bits per heavy atom. The summed E-state index contributed by atoms with van der Waals surface area (Å²) in [6, 6.07) is 9.05. The van der Waals surface area contributed by atoms with Crippen molar-refractivity contribution >= 4 is 0 Å². The Morgan fingerprint density at radius 1 is 1.30 bits per heavy atom. The van der Waals surface area contributed by atoms with E-state index in [2.05, 4.69) is 41.9 Å². The summed E-state index contributed by atoms with van der Waals surface area (Å²) in [5, 5.41) is 8.87. The van der Waals surface area contributed by atoms with Gasteiger partial charge in [-0.05, 0) is 37.4 Å². The van der Waals surface area contributed by atoms with Gasteiger partial charge in [-0.1, -0.05) is 49.8 Å². The minimum atomic E-state index is -0.0729. The highest BCUT2D eigenvalue weighted by Gasteiger charge is 2.21. The molecule has 0 aliphatic carbocycles. The predicted molar refractivity (Wildman–Crippen MR) is 83.4 cm³/mol. The highest BCUT2D eigenvalue weighted by molar-refractivity contribution is 5.41. The van der Waals surface area contributed by atoms with E-state index < -0.39 is 0 Å². The van der Waals surface area contributed by atoms with Crippen LogP contribution in [0.25, 0.3) is 0 Å². The lowest BCUT2D eigenvalue weighted by molar-refractivity contribution is 0.131. The number of likely N-dealkylation sites (tertiary alicyclic amines) is 1. The highest BCUT2D eigenvalue weighted by atomic mass is 16.2. The van der Waals surface area contributed by atoms with Crippen molar-refractivity contribution in [3.05, 3.63) is 35.4 Å². The lowest BCUT2D eigenvalue weighted by Crippen LogP contribution is -2.38. The molecule has 2 rings (SSSR count). The Balaban J connectivity index is 2.11. The lowest BCUT2D eigenvalue weighted by atomic mass is 9.96. The van der Waals surface area contributed by atoms with E-state index in [0.29, 0.717) is 0 Å². The van der Waals surface area contributed by atoms with Crippen LogP contribution in [0, 0.1) is 11.8 Å². The summed E-state index contributed by atoms with van der Waals surface area (Å²) in [6.07, 6.45) is 6.56. The van der Waals surface area contributed by atoms with Gasteiger partial charge in [0.1, 0.15) is 6.61 Å². The Kier molecular flexibility index (Phi) is 6.11. The molecule has 2 heteroatoms. The van der Waals surface area contributed by atoms with E-state index in [1.54, 1.807) is 0 Å². The van der Waals surface area contributed by atoms with Crippen LogP contribution in [0.5, 0.6) is 0 Å². The van der Waals surface area contributed by atoms with Gasteiger partial charge in [0, 0.05) is 18.2 Å². The summed E-state index contributed by atoms with van der Waals surface area (Å²) in [7, 11) is 0. The fourth-order valence-electron chi connectivity index (χ4n) is 3.06. The van der Waals surface area contributed by atoms with Crippen molar-refractivity contribution in [1.82, 2.24) is 4.90 Å². The van der Waals surface area contributed by atoms with Gasteiger partial charge in [-0.3, -0.25) is 4.90 Å². The maximum absolute atomic E-state index is 8.87. The molecular formula is C18H25NO. The third-order valence-corrected chi connectivity index (χ3v) is 4.06. The Hall–Kier alpha value is -1.30. The second-order valence-electron chi connectivity index (χ2n) is 5.53. The van der Waals surface area contributed by atoms with Gasteiger partial charge in [-0.2, -0.15) is 0 Å². The number of aliphatic hydroxyl groups is 1. The molecule has 1 aromatic rings. The zero-order chi connectivity index (χ0) is 14.2. The van der Waals surface area contributed by atoms with Crippen LogP contribution in [-0.4, -0.2) is 29.2 Å². The van der Waals surface area contributed by atoms with Gasteiger partial charge in [-0.25, -0.2) is 0 Å². The number of aliphatic hydroxyl groups excluding tert-OH is 1. The van der Waals surface area contributed by atoms with Crippen molar-refractivity contribution in [2.45, 2.75) is 51.6 Å². The Morgan fingerprint density at radius 3 is 2.95 bits per heavy atom. The van der Waals surface area contributed by atoms with Crippen LogP contribution in [0.2, 0.25) is 0 Å². The average molecular weight is 271 g/mol. The second-order valence-corrected chi connectivity index (χ2v) is 5.53. The monoisotopic (exact) mass is 271 g/mol. The first kappa shape index (κ1) is 15.1. The third kappa shape index (κ3) is 4.10. The summed E-state index contributed by atoms with van der Waals surface area (Å²) in [6.45, 7) is 4.39. The zero-order valence-electron chi connectivity index (χ0n) is 12.4. The van der Waals surface area contributed by atoms with E-state index in [1.807, 2.05) is 6.07 Å². The number of hydrogen-bond acceptors (Lipinski definition) is 2. The van der Waals surface area contributed by atoms with Crippen LogP contribution in [0.3, 0.4) is 0 Å². The fourth-order valence-corrected chi connectivity index (χ4v) is 3.06. The molecule has 108 valence electrons. The lowest BCUT2D eigenvalue weighted by Gasteiger charge is -2.36. The molecule has 1 atom stereocenters. The normalized spacial score (nSPS) is 19.4. The van der Waals surface area contributed by atoms with Crippen molar-refractivity contribution in [1.29, 1.82) is 0 Å². The SMILES string of the molecule is CCCC1CCCCN1Cc1ccccc1C#CCO. The highest BCUT2D eigenvalue weighted by Crippen LogP contribution is 2.23. The maximum Gasteiger partial charge on any atom is 0.104 e. The first-order chi connectivity index (χ1) is 9.85. The van der Waals surface area contributed by atoms with Crippen molar-refractivity contribution in [2.24, 2.45) is 0 Å². The van der Waals surface area contributed by atoms with E-state index in [4.69, 9.17) is 5.11 Å². The minimum absolute atomic E-state index is 0.0729. The van der Waals surface area contributed by atoms with Gasteiger partial charge in [-0.15, -0.1) is 0 Å². The molecule has 0 saturated carbocycles. The van der Waals surface area contributed by atoms with E-state index in [0.717, 1.165) is 18.2 Å². The molecule has 1 unspecified atom stereocenters. The van der Waals surface area contributed by atoms with Gasteiger partial charge >= 0.3 is 0 Å². The average Bonchev–Trinajstić information content (AvgIpc) is 2.49. The van der Waals surface area contributed by atoms with Crippen molar-refractivity contribution in [2.75, 3.05) is 13.2 Å². The van der Waals surface area contributed by atoms with Crippen molar-refractivity contribution in [3.63, 3.8) is 0 Å². The molecule has 1 aliphatic rings. The first-order valence-electron chi connectivity index (χ1n) is 7.76. The minimum Gasteiger partial charge on any atom is -0.384 e. The predicted octanol–water partition coefficient (Wildman–Crippen LogP) is 3.19. The molecule has 1 saturated heterocycles. The second kappa shape index (κ2) is 8.09. The fraction of sp³-hybridized carbons (Fsp3) is 0.556. The summed E-state index contributed by atoms with van der Waals surface area (Å²) in [4.78, 5) is 2.62. The first-order valence-corrected chi connectivity index (χ1v) is 7.76. The number of rotatable bonds is 4. The van der Waals surface area contributed by atoms with Crippen LogP contribution in [-0.2, 0) is 6.54 Å². The number of benzene rings is 1. The van der Waals surface area contributed by atoms with Crippen LogP contribution in [0.4, 0.5) is 0 Å². The largest absolute Gasteiger partial charge is 0.384 e. The van der Waals surface area contributed by atoms with E-state index >= 15 is 0 Å². The van der Waals surface area contributed by atoms with Gasteiger partial charge < -0.3 is 5.11 Å². The van der Waals surface area contributed by atoms with Gasteiger partial charge in [0.15, 0.2) is 0 Å². The third-order valence-electron chi connectivity index (χ3n) is 4.06. The summed E-state index contributed by atoms with van der Waals surface area (Å²) >= 11 is 0. The Labute approximate surface area is 122 Å². The molecule has 0 radical (unpaired) electrons. The van der Waals surface area contributed by atoms with Gasteiger partial charge in [0.2, 0.25) is 0 Å². The molecule has 1 N–H and O–H groups in total. The molecule has 1 aliphatic heterocycles. The number of nitrogens with zero attached hydrogens (tertiary/aromatic N) is 1. The van der Waals surface area contributed by atoms with Crippen LogP contribution < -0.4 is 0 Å². The topological polar surface area (TPSA) is 23.5 Å². The molecule has 1 fully saturated rings. The summed E-state index contributed by atoms with van der Waals surface area (Å²) in [5.41, 5.74) is 2.35. The van der Waals surface area contributed by atoms with Crippen LogP contribution in [0.1, 0.15) is 50.2 Å². The van der Waals surface area contributed by atoms with Crippen LogP contribution in [0.15, 0.2) is 24.3 Å². The van der Waals surface area contributed by atoms with Crippen molar-refractivity contribution in [3.8, 4) is 11.8 Å². The molecular weight excluding hydrogens is 246 g/mol. The summed E-state index contributed by atoms with van der Waals surface area (Å²) < 4.78 is 0.